The van der Waals surface area contributed by atoms with Crippen molar-refractivity contribution in [2.75, 3.05) is 5.32 Å². The molecule has 0 unspecified atom stereocenters. The van der Waals surface area contributed by atoms with Gasteiger partial charge in [-0.3, -0.25) is 0 Å². The van der Waals surface area contributed by atoms with E-state index in [1.807, 2.05) is 0 Å². The Hall–Kier alpha value is -2.21. The average Bonchev–Trinajstić information content (AvgIpc) is 2.40. The first-order valence-electron chi connectivity index (χ1n) is 5.29. The summed E-state index contributed by atoms with van der Waals surface area (Å²) in [6.45, 7) is 0.0570. The van der Waals surface area contributed by atoms with Crippen LogP contribution in [0.1, 0.15) is 16.1 Å². The second kappa shape index (κ2) is 5.62. The molecule has 2 rings (SSSR count). The standard InChI is InChI=1S/C12H9ClFN3O2/c13-7-1-2-9(14)10(3-7)16-5-11-8(12(18)19)4-15-6-17-11/h1-4,6,16H,5H2,(H,18,19). The number of nitrogens with one attached hydrogen (secondary N) is 1. The minimum Gasteiger partial charge on any atom is -0.478 e. The molecule has 0 fully saturated rings. The third-order valence-electron chi connectivity index (χ3n) is 2.40. The van der Waals surface area contributed by atoms with Crippen LogP contribution in [0.3, 0.4) is 0 Å². The highest BCUT2D eigenvalue weighted by molar-refractivity contribution is 6.30. The van der Waals surface area contributed by atoms with Gasteiger partial charge in [-0.15, -0.1) is 0 Å². The molecular weight excluding hydrogens is 273 g/mol. The summed E-state index contributed by atoms with van der Waals surface area (Å²) in [6.07, 6.45) is 2.43. The van der Waals surface area contributed by atoms with Gasteiger partial charge in [0.25, 0.3) is 0 Å². The Morgan fingerprint density at radius 3 is 3.00 bits per heavy atom. The molecule has 0 saturated carbocycles. The summed E-state index contributed by atoms with van der Waals surface area (Å²) in [6, 6.07) is 4.07. The summed E-state index contributed by atoms with van der Waals surface area (Å²) in [4.78, 5) is 18.4. The quantitative estimate of drug-likeness (QED) is 0.901. The lowest BCUT2D eigenvalue weighted by Crippen LogP contribution is -2.10. The summed E-state index contributed by atoms with van der Waals surface area (Å²) < 4.78 is 13.5. The van der Waals surface area contributed by atoms with E-state index < -0.39 is 11.8 Å². The van der Waals surface area contributed by atoms with Crippen LogP contribution in [0.5, 0.6) is 0 Å². The third-order valence-corrected chi connectivity index (χ3v) is 2.63. The Balaban J connectivity index is 2.19. The van der Waals surface area contributed by atoms with Gasteiger partial charge in [0.15, 0.2) is 0 Å². The zero-order valence-corrected chi connectivity index (χ0v) is 10.4. The van der Waals surface area contributed by atoms with Crippen LogP contribution in [0, 0.1) is 5.82 Å². The van der Waals surface area contributed by atoms with E-state index in [4.69, 9.17) is 16.7 Å². The topological polar surface area (TPSA) is 75.1 Å². The second-order valence-electron chi connectivity index (χ2n) is 3.67. The summed E-state index contributed by atoms with van der Waals surface area (Å²) in [5.41, 5.74) is 0.418. The molecule has 2 N–H and O–H groups in total. The van der Waals surface area contributed by atoms with Crippen LogP contribution < -0.4 is 5.32 Å². The Morgan fingerprint density at radius 2 is 2.26 bits per heavy atom. The first kappa shape index (κ1) is 13.2. The van der Waals surface area contributed by atoms with Crippen molar-refractivity contribution in [1.29, 1.82) is 0 Å². The van der Waals surface area contributed by atoms with Gasteiger partial charge in [0.2, 0.25) is 0 Å². The van der Waals surface area contributed by atoms with E-state index >= 15 is 0 Å². The monoisotopic (exact) mass is 281 g/mol. The number of carboxylic acids is 1. The maximum atomic E-state index is 13.5. The van der Waals surface area contributed by atoms with E-state index in [1.54, 1.807) is 0 Å². The van der Waals surface area contributed by atoms with Gasteiger partial charge in [-0.25, -0.2) is 19.2 Å². The highest BCUT2D eigenvalue weighted by atomic mass is 35.5. The number of hydrogen-bond acceptors (Lipinski definition) is 4. The first-order valence-corrected chi connectivity index (χ1v) is 5.67. The molecule has 0 aliphatic rings. The van der Waals surface area contributed by atoms with Gasteiger partial charge in [0, 0.05) is 11.2 Å². The summed E-state index contributed by atoms with van der Waals surface area (Å²) in [7, 11) is 0. The van der Waals surface area contributed by atoms with Crippen LogP contribution in [0.4, 0.5) is 10.1 Å². The number of carboxylic acid groups (broad SMARTS) is 1. The molecule has 0 radical (unpaired) electrons. The van der Waals surface area contributed by atoms with Gasteiger partial charge in [0.1, 0.15) is 17.7 Å². The summed E-state index contributed by atoms with van der Waals surface area (Å²) in [5, 5.41) is 12.1. The zero-order chi connectivity index (χ0) is 13.8. The van der Waals surface area contributed by atoms with Gasteiger partial charge in [-0.1, -0.05) is 11.6 Å². The van der Waals surface area contributed by atoms with Crippen molar-refractivity contribution in [2.24, 2.45) is 0 Å². The maximum Gasteiger partial charge on any atom is 0.339 e. The Morgan fingerprint density at radius 1 is 1.47 bits per heavy atom. The molecule has 0 atom stereocenters. The highest BCUT2D eigenvalue weighted by Crippen LogP contribution is 2.20. The van der Waals surface area contributed by atoms with Gasteiger partial charge in [-0.2, -0.15) is 0 Å². The average molecular weight is 282 g/mol. The molecule has 2 aromatic rings. The van der Waals surface area contributed by atoms with Crippen molar-refractivity contribution in [1.82, 2.24) is 9.97 Å². The predicted molar refractivity (Wildman–Crippen MR) is 67.7 cm³/mol. The van der Waals surface area contributed by atoms with Crippen molar-refractivity contribution in [3.8, 4) is 0 Å². The first-order chi connectivity index (χ1) is 9.08. The molecule has 0 aliphatic heterocycles. The molecule has 1 aromatic heterocycles. The van der Waals surface area contributed by atoms with Crippen molar-refractivity contribution in [3.63, 3.8) is 0 Å². The number of halogens is 2. The van der Waals surface area contributed by atoms with Crippen LogP contribution in [-0.4, -0.2) is 21.0 Å². The van der Waals surface area contributed by atoms with E-state index in [9.17, 15) is 9.18 Å². The minimum atomic E-state index is -1.14. The van der Waals surface area contributed by atoms with Crippen molar-refractivity contribution in [3.05, 3.63) is 52.8 Å². The van der Waals surface area contributed by atoms with Crippen LogP contribution in [0.15, 0.2) is 30.7 Å². The van der Waals surface area contributed by atoms with Gasteiger partial charge in [-0.05, 0) is 18.2 Å². The largest absolute Gasteiger partial charge is 0.478 e. The smallest absolute Gasteiger partial charge is 0.339 e. The van der Waals surface area contributed by atoms with Crippen LogP contribution in [0.25, 0.3) is 0 Å². The van der Waals surface area contributed by atoms with E-state index in [0.717, 1.165) is 0 Å². The number of hydrogen-bond donors (Lipinski definition) is 2. The Labute approximate surface area is 113 Å². The highest BCUT2D eigenvalue weighted by Gasteiger charge is 2.11. The lowest BCUT2D eigenvalue weighted by molar-refractivity contribution is 0.0694. The SMILES string of the molecule is O=C(O)c1cncnc1CNc1cc(Cl)ccc1F. The molecule has 5 nitrogen and oxygen atoms in total. The number of rotatable bonds is 4. The molecule has 1 heterocycles. The number of benzene rings is 1. The lowest BCUT2D eigenvalue weighted by atomic mass is 10.2. The van der Waals surface area contributed by atoms with E-state index in [-0.39, 0.29) is 23.5 Å². The molecule has 7 heteroatoms. The molecule has 0 aliphatic carbocycles. The van der Waals surface area contributed by atoms with E-state index in [0.29, 0.717) is 5.02 Å². The maximum absolute atomic E-state index is 13.5. The molecule has 0 bridgehead atoms. The molecule has 0 saturated heterocycles. The number of aromatic nitrogens is 2. The van der Waals surface area contributed by atoms with Crippen molar-refractivity contribution < 1.29 is 14.3 Å². The summed E-state index contributed by atoms with van der Waals surface area (Å²) in [5.74, 6) is -1.61. The lowest BCUT2D eigenvalue weighted by Gasteiger charge is -2.09. The van der Waals surface area contributed by atoms with Crippen LogP contribution >= 0.6 is 11.6 Å². The molecule has 0 spiro atoms. The number of aromatic carboxylic acids is 1. The molecule has 1 aromatic carbocycles. The fourth-order valence-corrected chi connectivity index (χ4v) is 1.66. The Kier molecular flexibility index (Phi) is 3.91. The normalized spacial score (nSPS) is 10.2. The van der Waals surface area contributed by atoms with Gasteiger partial charge < -0.3 is 10.4 Å². The van der Waals surface area contributed by atoms with Gasteiger partial charge in [0.05, 0.1) is 17.9 Å². The van der Waals surface area contributed by atoms with E-state index in [2.05, 4.69) is 15.3 Å². The molecule has 0 amide bonds. The number of carbonyl (C=O) groups is 1. The van der Waals surface area contributed by atoms with E-state index in [1.165, 1.54) is 30.7 Å². The van der Waals surface area contributed by atoms with Gasteiger partial charge >= 0.3 is 5.97 Å². The van der Waals surface area contributed by atoms with Crippen LogP contribution in [0.2, 0.25) is 5.02 Å². The summed E-state index contributed by atoms with van der Waals surface area (Å²) >= 11 is 5.75. The fraction of sp³-hybridized carbons (Fsp3) is 0.0833. The fourth-order valence-electron chi connectivity index (χ4n) is 1.49. The number of anilines is 1. The minimum absolute atomic E-state index is 0.0302. The zero-order valence-electron chi connectivity index (χ0n) is 9.60. The second-order valence-corrected chi connectivity index (χ2v) is 4.10. The predicted octanol–water partition coefficient (Wildman–Crippen LogP) is 2.58. The molecular formula is C12H9ClFN3O2. The number of nitrogens with zero attached hydrogens (tertiary/aromatic N) is 2. The molecule has 98 valence electrons. The van der Waals surface area contributed by atoms with Crippen molar-refractivity contribution >= 4 is 23.3 Å². The Bertz CT molecular complexity index is 622. The molecule has 19 heavy (non-hydrogen) atoms. The van der Waals surface area contributed by atoms with Crippen molar-refractivity contribution in [2.45, 2.75) is 6.54 Å². The van der Waals surface area contributed by atoms with Crippen LogP contribution in [-0.2, 0) is 6.54 Å². The third kappa shape index (κ3) is 3.17.